The molecule has 1 amide bonds. The maximum Gasteiger partial charge on any atom is 0.407 e. The van der Waals surface area contributed by atoms with E-state index in [-0.39, 0.29) is 24.8 Å². The van der Waals surface area contributed by atoms with Gasteiger partial charge >= 0.3 is 12.5 Å². The number of ether oxygens (including phenoxy) is 2. The lowest BCUT2D eigenvalue weighted by atomic mass is 10.2. The number of carboxylic acid groups (broad SMARTS) is 1. The van der Waals surface area contributed by atoms with Crippen LogP contribution < -0.4 is 9.47 Å². The van der Waals surface area contributed by atoms with Crippen LogP contribution in [-0.2, 0) is 0 Å². The minimum atomic E-state index is -3.26. The van der Waals surface area contributed by atoms with Crippen LogP contribution >= 0.6 is 0 Å². The number of hydrogen-bond donors (Lipinski definition) is 2. The number of aromatic nitrogens is 1. The summed E-state index contributed by atoms with van der Waals surface area (Å²) in [4.78, 5) is 15.9. The Morgan fingerprint density at radius 2 is 2.17 bits per heavy atom. The first kappa shape index (κ1) is 17.1. The van der Waals surface area contributed by atoms with Crippen LogP contribution in [0.25, 0.3) is 0 Å². The minimum absolute atomic E-state index is 0.0679. The SMILES string of the molecule is O=C(O)N1CC(Oc2ccc(OC(F)C(F)F)cn2)CC1CO. The lowest BCUT2D eigenvalue weighted by Crippen LogP contribution is -2.36. The molecule has 10 heteroatoms. The number of alkyl halides is 3. The van der Waals surface area contributed by atoms with Gasteiger partial charge in [-0.25, -0.2) is 18.6 Å². The van der Waals surface area contributed by atoms with Crippen LogP contribution in [0.3, 0.4) is 0 Å². The fourth-order valence-electron chi connectivity index (χ4n) is 2.22. The van der Waals surface area contributed by atoms with Crippen molar-refractivity contribution in [2.75, 3.05) is 13.2 Å². The largest absolute Gasteiger partial charge is 0.472 e. The Morgan fingerprint density at radius 3 is 2.65 bits per heavy atom. The average molecular weight is 336 g/mol. The van der Waals surface area contributed by atoms with Crippen molar-refractivity contribution in [3.05, 3.63) is 18.3 Å². The van der Waals surface area contributed by atoms with Gasteiger partial charge in [-0.1, -0.05) is 0 Å². The van der Waals surface area contributed by atoms with Crippen molar-refractivity contribution in [3.63, 3.8) is 0 Å². The molecular weight excluding hydrogens is 321 g/mol. The molecule has 0 saturated carbocycles. The molecule has 3 unspecified atom stereocenters. The van der Waals surface area contributed by atoms with Gasteiger partial charge in [0, 0.05) is 12.5 Å². The number of nitrogens with zero attached hydrogens (tertiary/aromatic N) is 2. The zero-order valence-corrected chi connectivity index (χ0v) is 11.8. The molecule has 7 nitrogen and oxygen atoms in total. The van der Waals surface area contributed by atoms with E-state index < -0.39 is 31.0 Å². The van der Waals surface area contributed by atoms with Crippen LogP contribution in [0.4, 0.5) is 18.0 Å². The van der Waals surface area contributed by atoms with Gasteiger partial charge in [0.05, 0.1) is 25.4 Å². The minimum Gasteiger partial charge on any atom is -0.472 e. The molecule has 0 aliphatic carbocycles. The van der Waals surface area contributed by atoms with Crippen molar-refractivity contribution in [1.29, 1.82) is 0 Å². The number of amides is 1. The molecule has 3 atom stereocenters. The highest BCUT2D eigenvalue weighted by molar-refractivity contribution is 5.66. The Bertz CT molecular complexity index is 531. The van der Waals surface area contributed by atoms with Gasteiger partial charge in [0.15, 0.2) is 0 Å². The standard InChI is InChI=1S/C13H15F3N2O5/c14-11(15)12(16)23-8-1-2-10(17-4-8)22-9-3-7(6-19)18(5-9)13(20)21/h1-2,4,7,9,11-12,19H,3,5-6H2,(H,20,21). The molecular formula is C13H15F3N2O5. The van der Waals surface area contributed by atoms with Gasteiger partial charge in [-0.3, -0.25) is 4.90 Å². The van der Waals surface area contributed by atoms with E-state index in [1.807, 2.05) is 0 Å². The second-order valence-corrected chi connectivity index (χ2v) is 4.88. The van der Waals surface area contributed by atoms with Crippen LogP contribution in [-0.4, -0.2) is 64.3 Å². The van der Waals surface area contributed by atoms with E-state index in [2.05, 4.69) is 9.72 Å². The Kier molecular flexibility index (Phi) is 5.48. The molecule has 0 bridgehead atoms. The van der Waals surface area contributed by atoms with Gasteiger partial charge in [-0.05, 0) is 6.07 Å². The second-order valence-electron chi connectivity index (χ2n) is 4.88. The second kappa shape index (κ2) is 7.36. The molecule has 0 aromatic carbocycles. The van der Waals surface area contributed by atoms with Crippen molar-refractivity contribution in [2.24, 2.45) is 0 Å². The molecule has 2 rings (SSSR count). The summed E-state index contributed by atoms with van der Waals surface area (Å²) in [6, 6.07) is 1.95. The zero-order valence-electron chi connectivity index (χ0n) is 11.8. The van der Waals surface area contributed by atoms with E-state index in [0.29, 0.717) is 6.42 Å². The molecule has 1 aromatic heterocycles. The molecule has 2 heterocycles. The molecule has 1 aromatic rings. The van der Waals surface area contributed by atoms with Gasteiger partial charge in [0.2, 0.25) is 5.88 Å². The topological polar surface area (TPSA) is 92.1 Å². The fourth-order valence-corrected chi connectivity index (χ4v) is 2.22. The quantitative estimate of drug-likeness (QED) is 0.818. The van der Waals surface area contributed by atoms with Crippen molar-refractivity contribution in [3.8, 4) is 11.6 Å². The maximum atomic E-state index is 12.7. The van der Waals surface area contributed by atoms with Crippen LogP contribution in [0.2, 0.25) is 0 Å². The summed E-state index contributed by atoms with van der Waals surface area (Å²) in [6.45, 7) is -0.254. The normalized spacial score (nSPS) is 22.2. The predicted octanol–water partition coefficient (Wildman–Crippen LogP) is 1.51. The highest BCUT2D eigenvalue weighted by atomic mass is 19.3. The van der Waals surface area contributed by atoms with E-state index in [1.165, 1.54) is 12.1 Å². The summed E-state index contributed by atoms with van der Waals surface area (Å²) in [5, 5.41) is 18.1. The van der Waals surface area contributed by atoms with Crippen LogP contribution in [0.15, 0.2) is 18.3 Å². The number of aliphatic hydroxyl groups excluding tert-OH is 1. The Labute approximate surface area is 129 Å². The number of rotatable bonds is 6. The smallest absolute Gasteiger partial charge is 0.407 e. The van der Waals surface area contributed by atoms with Crippen molar-refractivity contribution >= 4 is 6.09 Å². The van der Waals surface area contributed by atoms with E-state index in [1.54, 1.807) is 0 Å². The lowest BCUT2D eigenvalue weighted by molar-refractivity contribution is -0.0670. The number of pyridine rings is 1. The molecule has 2 N–H and O–H groups in total. The van der Waals surface area contributed by atoms with Crippen molar-refractivity contribution < 1.29 is 37.7 Å². The summed E-state index contributed by atoms with van der Waals surface area (Å²) >= 11 is 0. The molecule has 1 saturated heterocycles. The third-order valence-corrected chi connectivity index (χ3v) is 3.28. The van der Waals surface area contributed by atoms with Gasteiger partial charge < -0.3 is 19.7 Å². The monoisotopic (exact) mass is 336 g/mol. The number of hydrogen-bond acceptors (Lipinski definition) is 5. The summed E-state index contributed by atoms with van der Waals surface area (Å²) in [6.07, 6.45) is -6.35. The maximum absolute atomic E-state index is 12.7. The van der Waals surface area contributed by atoms with E-state index in [0.717, 1.165) is 11.1 Å². The van der Waals surface area contributed by atoms with Crippen molar-refractivity contribution in [1.82, 2.24) is 9.88 Å². The number of aliphatic hydroxyl groups is 1. The molecule has 0 radical (unpaired) electrons. The number of likely N-dealkylation sites (tertiary alicyclic amines) is 1. The van der Waals surface area contributed by atoms with Gasteiger partial charge in [0.1, 0.15) is 11.9 Å². The molecule has 128 valence electrons. The van der Waals surface area contributed by atoms with E-state index in [9.17, 15) is 18.0 Å². The summed E-state index contributed by atoms with van der Waals surface area (Å²) in [7, 11) is 0. The van der Waals surface area contributed by atoms with Gasteiger partial charge in [-0.15, -0.1) is 0 Å². The average Bonchev–Trinajstić information content (AvgIpc) is 2.92. The van der Waals surface area contributed by atoms with Crippen molar-refractivity contribution in [2.45, 2.75) is 31.3 Å². The summed E-state index contributed by atoms with van der Waals surface area (Å²) in [5.74, 6) is -0.0734. The number of carbonyl (C=O) groups is 1. The third kappa shape index (κ3) is 4.38. The predicted molar refractivity (Wildman–Crippen MR) is 70.4 cm³/mol. The van der Waals surface area contributed by atoms with E-state index in [4.69, 9.17) is 14.9 Å². The Hall–Kier alpha value is -2.23. The number of halogens is 3. The first-order valence-electron chi connectivity index (χ1n) is 6.72. The first-order chi connectivity index (χ1) is 10.9. The highest BCUT2D eigenvalue weighted by Crippen LogP contribution is 2.23. The molecule has 0 spiro atoms. The third-order valence-electron chi connectivity index (χ3n) is 3.28. The van der Waals surface area contributed by atoms with Crippen LogP contribution in [0.5, 0.6) is 11.6 Å². The Balaban J connectivity index is 1.92. The lowest BCUT2D eigenvalue weighted by Gasteiger charge is -2.18. The highest BCUT2D eigenvalue weighted by Gasteiger charge is 2.36. The van der Waals surface area contributed by atoms with Gasteiger partial charge in [0.25, 0.3) is 6.36 Å². The Morgan fingerprint density at radius 1 is 1.43 bits per heavy atom. The van der Waals surface area contributed by atoms with Gasteiger partial charge in [-0.2, -0.15) is 4.39 Å². The zero-order chi connectivity index (χ0) is 17.0. The molecule has 23 heavy (non-hydrogen) atoms. The molecule has 1 aliphatic heterocycles. The van der Waals surface area contributed by atoms with Crippen LogP contribution in [0.1, 0.15) is 6.42 Å². The fraction of sp³-hybridized carbons (Fsp3) is 0.538. The van der Waals surface area contributed by atoms with Crippen LogP contribution in [0, 0.1) is 0 Å². The summed E-state index contributed by atoms with van der Waals surface area (Å²) < 4.78 is 46.6. The molecule has 1 fully saturated rings. The summed E-state index contributed by atoms with van der Waals surface area (Å²) in [5.41, 5.74) is 0. The van der Waals surface area contributed by atoms with E-state index >= 15 is 0 Å². The first-order valence-corrected chi connectivity index (χ1v) is 6.72. The molecule has 1 aliphatic rings.